The first-order chi connectivity index (χ1) is 31.4. The van der Waals surface area contributed by atoms with Crippen LogP contribution in [0.1, 0.15) is 174 Å². The maximum atomic E-state index is 11.3. The Bertz CT molecular complexity index is 1890. The van der Waals surface area contributed by atoms with E-state index >= 15 is 0 Å². The molecule has 392 valence electrons. The number of nitrogen functional groups attached to an aromatic ring is 1. The number of hydrogen-bond donors (Lipinski definition) is 3. The Kier molecular flexibility index (Phi) is 22.5. The topological polar surface area (TPSA) is 201 Å². The number of nitrogens with one attached hydrogen (secondary N) is 2. The van der Waals surface area contributed by atoms with E-state index in [1.807, 2.05) is 24.3 Å². The molecule has 4 aliphatic heterocycles. The standard InChI is InChI=1S/C23H35N3O2.C23H37N3.C7H10O5.2CH4.H2O.H2/c1-23(2,3)16-8-10-18(11-9-16)25-19-12-13-20(25)15-17(14-19)24-21-6-4-5-7-22(21)26(27)28;1-23(2,3)16-8-10-18(11-9-16)26-19-12-13-20(26)15-17(14-19)25-22-7-5-4-6-21(22)24;1-3-11-6(9)5(8)7(10)12-4-2;;;;/h4-7,16-20,24H,8-15H2,1-3H3;4-7,16-20,25H,8-15,24H2,1-3H3;3-4H2,1-2H3;2*1H4;1H2;1H/t2*16?,17?,18?,19-,20+;;;;;. The lowest BCUT2D eigenvalue weighted by Crippen LogP contribution is -2.52. The fraction of sp³-hybridized carbons (Fsp3) is 0.727. The fourth-order valence-corrected chi connectivity index (χ4v) is 12.6. The minimum Gasteiger partial charge on any atom is -0.460 e. The molecule has 2 aromatic rings. The van der Waals surface area contributed by atoms with Gasteiger partial charge in [-0.2, -0.15) is 0 Å². The summed E-state index contributed by atoms with van der Waals surface area (Å²) in [5.41, 5.74) is 9.93. The zero-order valence-corrected chi connectivity index (χ0v) is 41.9. The van der Waals surface area contributed by atoms with Gasteiger partial charge in [-0.15, -0.1) is 0 Å². The number of piperidine rings is 2. The molecule has 69 heavy (non-hydrogen) atoms. The summed E-state index contributed by atoms with van der Waals surface area (Å²) in [6.45, 7) is 17.6. The summed E-state index contributed by atoms with van der Waals surface area (Å²) in [6.07, 6.45) is 21.3. The van der Waals surface area contributed by atoms with Crippen LogP contribution >= 0.6 is 0 Å². The third kappa shape index (κ3) is 15.4. The number of ether oxygens (including phenoxy) is 2. The average molecular weight is 967 g/mol. The summed E-state index contributed by atoms with van der Waals surface area (Å²) in [4.78, 5) is 48.7. The molecule has 2 aliphatic carbocycles. The largest absolute Gasteiger partial charge is 0.460 e. The highest BCUT2D eigenvalue weighted by atomic mass is 16.6. The van der Waals surface area contributed by atoms with Crippen LogP contribution in [-0.2, 0) is 23.9 Å². The Labute approximate surface area is 416 Å². The number of carbonyl (C=O) groups is 3. The average Bonchev–Trinajstić information content (AvgIpc) is 3.71. The summed E-state index contributed by atoms with van der Waals surface area (Å²) >= 11 is 0. The van der Waals surface area contributed by atoms with Gasteiger partial charge in [0.05, 0.1) is 29.5 Å². The van der Waals surface area contributed by atoms with Crippen LogP contribution in [0, 0.1) is 32.8 Å². The zero-order valence-electron chi connectivity index (χ0n) is 41.9. The molecule has 4 heterocycles. The number of nitrogens with two attached hydrogens (primary N) is 1. The van der Waals surface area contributed by atoms with Gasteiger partial charge >= 0.3 is 17.7 Å². The number of nitro benzene ring substituents is 1. The number of nitro groups is 1. The van der Waals surface area contributed by atoms with Gasteiger partial charge < -0.3 is 31.3 Å². The number of ketones is 1. The van der Waals surface area contributed by atoms with E-state index in [4.69, 9.17) is 5.73 Å². The molecule has 2 aromatic carbocycles. The van der Waals surface area contributed by atoms with Gasteiger partial charge in [0, 0.05) is 55.8 Å². The number of carbonyl (C=O) groups excluding carboxylic acids is 3. The Balaban J connectivity index is 0.000000376. The van der Waals surface area contributed by atoms with Crippen molar-refractivity contribution < 1.29 is 35.7 Å². The second-order valence-electron chi connectivity index (χ2n) is 22.2. The van der Waals surface area contributed by atoms with Crippen LogP contribution in [0.4, 0.5) is 22.7 Å². The maximum Gasteiger partial charge on any atom is 0.386 e. The number of benzene rings is 2. The Morgan fingerprint density at radius 1 is 0.609 bits per heavy atom. The van der Waals surface area contributed by atoms with Crippen molar-refractivity contribution in [1.82, 2.24) is 9.80 Å². The van der Waals surface area contributed by atoms with E-state index < -0.39 is 17.7 Å². The van der Waals surface area contributed by atoms with Crippen LogP contribution in [0.5, 0.6) is 0 Å². The number of anilines is 3. The zero-order chi connectivity index (χ0) is 47.8. The van der Waals surface area contributed by atoms with Crippen LogP contribution in [0.25, 0.3) is 0 Å². The smallest absolute Gasteiger partial charge is 0.386 e. The third-order valence-electron chi connectivity index (χ3n) is 16.0. The SMILES string of the molecule is C.C.CC(C)(C)C1CCC(N2[C@@H]3CC[C@H]2CC(Nc2ccccc2N)C3)CC1.CC(C)(C)C1CCC(N2[C@@H]3CC[C@H]2CC(Nc2ccccc2[N+](=O)[O-])C3)CC1.CCOC(=O)C(=O)C(=O)OCC.O.[HH]. The minimum absolute atomic E-state index is 0. The lowest BCUT2D eigenvalue weighted by atomic mass is 9.71. The highest BCUT2D eigenvalue weighted by Crippen LogP contribution is 2.47. The molecule has 6 fully saturated rings. The first-order valence-corrected chi connectivity index (χ1v) is 25.4. The van der Waals surface area contributed by atoms with Crippen molar-refractivity contribution in [2.24, 2.45) is 22.7 Å². The van der Waals surface area contributed by atoms with Crippen LogP contribution < -0.4 is 16.4 Å². The van der Waals surface area contributed by atoms with E-state index in [0.29, 0.717) is 40.7 Å². The van der Waals surface area contributed by atoms with Crippen LogP contribution in [0.15, 0.2) is 48.5 Å². The normalized spacial score (nSPS) is 28.5. The van der Waals surface area contributed by atoms with E-state index in [1.54, 1.807) is 12.1 Å². The fourth-order valence-electron chi connectivity index (χ4n) is 12.6. The quantitative estimate of drug-likeness (QED) is 0.0481. The van der Waals surface area contributed by atoms with Crippen molar-refractivity contribution in [2.75, 3.05) is 29.6 Å². The van der Waals surface area contributed by atoms with Gasteiger partial charge in [0.15, 0.2) is 0 Å². The first-order valence-electron chi connectivity index (χ1n) is 25.4. The van der Waals surface area contributed by atoms with Gasteiger partial charge in [-0.25, -0.2) is 9.59 Å². The number of hydrogen-bond acceptors (Lipinski definition) is 12. The van der Waals surface area contributed by atoms with E-state index in [2.05, 4.69) is 83.6 Å². The summed E-state index contributed by atoms with van der Waals surface area (Å²) < 4.78 is 8.56. The number of fused-ring (bicyclic) bond motifs is 4. The Morgan fingerprint density at radius 2 is 0.942 bits per heavy atom. The van der Waals surface area contributed by atoms with Crippen LogP contribution in [-0.4, -0.2) is 99.5 Å². The molecule has 0 aromatic heterocycles. The second kappa shape index (κ2) is 26.3. The molecule has 2 unspecified atom stereocenters. The number of rotatable bonds is 11. The molecule has 4 bridgehead atoms. The molecule has 0 radical (unpaired) electrons. The summed E-state index contributed by atoms with van der Waals surface area (Å²) in [7, 11) is 0. The van der Waals surface area contributed by atoms with E-state index in [-0.39, 0.29) is 45.6 Å². The van der Waals surface area contributed by atoms with E-state index in [1.165, 1.54) is 104 Å². The van der Waals surface area contributed by atoms with Crippen molar-refractivity contribution in [3.8, 4) is 0 Å². The van der Waals surface area contributed by atoms with Crippen molar-refractivity contribution in [3.63, 3.8) is 0 Å². The molecule has 4 saturated heterocycles. The highest BCUT2D eigenvalue weighted by molar-refractivity contribution is 6.60. The number of nitrogens with zero attached hydrogens (tertiary/aromatic N) is 3. The van der Waals surface area contributed by atoms with Gasteiger partial charge in [0.1, 0.15) is 5.69 Å². The Morgan fingerprint density at radius 3 is 1.29 bits per heavy atom. The van der Waals surface area contributed by atoms with Crippen LogP contribution in [0.3, 0.4) is 0 Å². The molecule has 14 heteroatoms. The maximum absolute atomic E-state index is 11.3. The Hall–Kier alpha value is -4.27. The summed E-state index contributed by atoms with van der Waals surface area (Å²) in [5.74, 6) is -1.83. The molecule has 6 atom stereocenters. The van der Waals surface area contributed by atoms with Gasteiger partial charge in [-0.1, -0.05) is 80.7 Å². The van der Waals surface area contributed by atoms with Crippen LogP contribution in [0.2, 0.25) is 0 Å². The molecule has 8 rings (SSSR count). The number of para-hydroxylation sites is 4. The second-order valence-corrected chi connectivity index (χ2v) is 22.2. The predicted molar refractivity (Wildman–Crippen MR) is 282 cm³/mol. The third-order valence-corrected chi connectivity index (χ3v) is 16.0. The van der Waals surface area contributed by atoms with E-state index in [9.17, 15) is 24.5 Å². The molecule has 6 N–H and O–H groups in total. The lowest BCUT2D eigenvalue weighted by molar-refractivity contribution is -0.384. The molecule has 0 amide bonds. The van der Waals surface area contributed by atoms with Gasteiger partial charge in [0.2, 0.25) is 0 Å². The predicted octanol–water partition coefficient (Wildman–Crippen LogP) is 11.3. The minimum atomic E-state index is -1.27. The van der Waals surface area contributed by atoms with Gasteiger partial charge in [-0.05, 0) is 157 Å². The molecule has 14 nitrogen and oxygen atoms in total. The van der Waals surface area contributed by atoms with Crippen molar-refractivity contribution in [1.29, 1.82) is 0 Å². The van der Waals surface area contributed by atoms with Gasteiger partial charge in [-0.3, -0.25) is 24.7 Å². The van der Waals surface area contributed by atoms with Gasteiger partial charge in [0.25, 0.3) is 5.69 Å². The van der Waals surface area contributed by atoms with E-state index in [0.717, 1.165) is 60.2 Å². The lowest BCUT2D eigenvalue weighted by Gasteiger charge is -2.47. The van der Waals surface area contributed by atoms with Crippen molar-refractivity contribution in [2.45, 2.75) is 221 Å². The first kappa shape index (κ1) is 59.0. The number of Topliss-reactive ketones (excluding diaryl/α,β-unsaturated/α-hetero) is 1. The molecule has 2 saturated carbocycles. The molecule has 0 spiro atoms. The summed E-state index contributed by atoms with van der Waals surface area (Å²) in [5, 5.41) is 18.6. The monoisotopic (exact) mass is 967 g/mol. The molecular formula is C55H94N6O8. The summed E-state index contributed by atoms with van der Waals surface area (Å²) in [6, 6.07) is 20.7. The van der Waals surface area contributed by atoms with Crippen molar-refractivity contribution >= 4 is 40.5 Å². The highest BCUT2D eigenvalue weighted by Gasteiger charge is 2.47. The number of esters is 2. The molecule has 6 aliphatic rings. The molecular weight excluding hydrogens is 873 g/mol. The van der Waals surface area contributed by atoms with Crippen molar-refractivity contribution in [3.05, 3.63) is 58.6 Å².